The molecular weight excluding hydrogens is 178 g/mol. The molecule has 0 aliphatic heterocycles. The summed E-state index contributed by atoms with van der Waals surface area (Å²) in [4.78, 5) is 25.6. The van der Waals surface area contributed by atoms with E-state index in [1.807, 2.05) is 0 Å². The molecule has 0 saturated carbocycles. The Kier molecular flexibility index (Phi) is 44.9. The molecule has 9 heteroatoms. The molecule has 0 atom stereocenters. The zero-order valence-corrected chi connectivity index (χ0v) is 12.7. The maximum atomic E-state index is 8.55. The van der Waals surface area contributed by atoms with Gasteiger partial charge in [-0.25, -0.2) is 0 Å². The molecule has 5 nitrogen and oxygen atoms in total. The van der Waals surface area contributed by atoms with E-state index in [-0.39, 0.29) is 94.8 Å². The van der Waals surface area contributed by atoms with Crippen molar-refractivity contribution in [2.45, 2.75) is 0 Å². The van der Waals surface area contributed by atoms with Crippen molar-refractivity contribution in [3.63, 3.8) is 0 Å². The minimum Gasteiger partial charge on any atom is -0.822 e. The predicted octanol–water partition coefficient (Wildman–Crippen LogP) is -11.7. The Morgan fingerprint density at radius 2 is 0.889 bits per heavy atom. The van der Waals surface area contributed by atoms with Crippen LogP contribution in [0.1, 0.15) is 0 Å². The maximum Gasteiger partial charge on any atom is 1.00 e. The fraction of sp³-hybridized carbons (Fsp3) is 0. The van der Waals surface area contributed by atoms with Crippen LogP contribution < -0.4 is 110 Å². The van der Waals surface area contributed by atoms with Gasteiger partial charge in [-0.1, -0.05) is 0 Å². The zero-order valence-electron chi connectivity index (χ0n) is 5.79. The molecule has 0 aliphatic rings. The summed E-state index contributed by atoms with van der Waals surface area (Å²) in [6, 6.07) is 0. The molecule has 0 rings (SSSR count). The molecule has 0 radical (unpaired) electrons. The van der Waals surface area contributed by atoms with E-state index in [0.717, 1.165) is 0 Å². The molecule has 0 aromatic heterocycles. The number of hydrogen-bond donors (Lipinski definition) is 1. The normalized spacial score (nSPS) is 6.56. The first-order chi connectivity index (χ1) is 2.00. The molecular formula is H3NNa3O4P. The zero-order chi connectivity index (χ0) is 4.50. The summed E-state index contributed by atoms with van der Waals surface area (Å²) in [5.74, 6) is 0. The molecule has 0 fully saturated rings. The van der Waals surface area contributed by atoms with Gasteiger partial charge in [0.05, 0.1) is 0 Å². The molecule has 0 spiro atoms. The van der Waals surface area contributed by atoms with Crippen molar-refractivity contribution in [1.29, 1.82) is 0 Å². The van der Waals surface area contributed by atoms with E-state index in [4.69, 9.17) is 19.2 Å². The largest absolute Gasteiger partial charge is 1.00 e. The molecule has 0 heterocycles. The van der Waals surface area contributed by atoms with Gasteiger partial charge in [0.1, 0.15) is 0 Å². The molecule has 0 aromatic carbocycles. The molecule has 0 aliphatic carbocycles. The van der Waals surface area contributed by atoms with Crippen LogP contribution in [0.4, 0.5) is 0 Å². The second-order valence-corrected chi connectivity index (χ2v) is 1.34. The van der Waals surface area contributed by atoms with Gasteiger partial charge >= 0.3 is 88.7 Å². The Morgan fingerprint density at radius 1 is 0.889 bits per heavy atom. The van der Waals surface area contributed by atoms with Crippen molar-refractivity contribution in [2.75, 3.05) is 0 Å². The van der Waals surface area contributed by atoms with Crippen LogP contribution in [0.2, 0.25) is 0 Å². The van der Waals surface area contributed by atoms with Crippen LogP contribution in [0.3, 0.4) is 0 Å². The van der Waals surface area contributed by atoms with Crippen molar-refractivity contribution in [1.82, 2.24) is 6.15 Å². The minimum absolute atomic E-state index is 0. The number of phosphoric acid groups is 1. The summed E-state index contributed by atoms with van der Waals surface area (Å²) < 4.78 is 8.55. The van der Waals surface area contributed by atoms with Crippen molar-refractivity contribution >= 4 is 7.82 Å². The van der Waals surface area contributed by atoms with Crippen LogP contribution in [0, 0.1) is 0 Å². The van der Waals surface area contributed by atoms with Crippen LogP contribution in [0.25, 0.3) is 0 Å². The monoisotopic (exact) mass is 181 g/mol. The predicted molar refractivity (Wildman–Crippen MR) is 12.6 cm³/mol. The fourth-order valence-electron chi connectivity index (χ4n) is 0. The van der Waals surface area contributed by atoms with Crippen LogP contribution in [0.5, 0.6) is 0 Å². The van der Waals surface area contributed by atoms with Crippen LogP contribution in [-0.4, -0.2) is 0 Å². The van der Waals surface area contributed by atoms with Crippen LogP contribution in [-0.2, 0) is 4.57 Å². The minimum atomic E-state index is -5.39. The smallest absolute Gasteiger partial charge is 0.822 e. The van der Waals surface area contributed by atoms with Gasteiger partial charge in [0, 0.05) is 0 Å². The topological polar surface area (TPSA) is 121 Å². The Hall–Kier alpha value is 3.07. The molecule has 0 unspecified atom stereocenters. The molecule has 9 heavy (non-hydrogen) atoms. The Bertz CT molecular complexity index is 61.9. The van der Waals surface area contributed by atoms with Crippen molar-refractivity contribution in [3.05, 3.63) is 0 Å². The SMILES string of the molecule is N.O=P([O-])([O-])[O-].[Na+].[Na+].[Na+]. The summed E-state index contributed by atoms with van der Waals surface area (Å²) in [6.45, 7) is 0. The third-order valence-corrected chi connectivity index (χ3v) is 0. The summed E-state index contributed by atoms with van der Waals surface area (Å²) in [5, 5.41) is 0. The number of hydrogen-bond acceptors (Lipinski definition) is 5. The summed E-state index contributed by atoms with van der Waals surface area (Å²) in [5.41, 5.74) is 0. The first kappa shape index (κ1) is 29.6. The van der Waals surface area contributed by atoms with Crippen molar-refractivity contribution in [2.24, 2.45) is 0 Å². The standard InChI is InChI=1S/H3N.3Na.H3O4P/c;;;;1-5(2,3)4/h1H3;;;;(H3,1,2,3,4)/q;3*+1;/p-3. The molecule has 40 valence electrons. The van der Waals surface area contributed by atoms with Gasteiger partial charge in [-0.15, -0.1) is 0 Å². The van der Waals surface area contributed by atoms with Gasteiger partial charge in [0.15, 0.2) is 0 Å². The van der Waals surface area contributed by atoms with E-state index in [0.29, 0.717) is 0 Å². The van der Waals surface area contributed by atoms with Gasteiger partial charge in [-0.3, -0.25) is 0 Å². The van der Waals surface area contributed by atoms with E-state index >= 15 is 0 Å². The quantitative estimate of drug-likeness (QED) is 0.293. The average Bonchev–Trinajstić information content (AvgIpc) is 0.722. The van der Waals surface area contributed by atoms with Gasteiger partial charge in [0.25, 0.3) is 0 Å². The van der Waals surface area contributed by atoms with Crippen LogP contribution in [0.15, 0.2) is 0 Å². The fourth-order valence-corrected chi connectivity index (χ4v) is 0. The third-order valence-electron chi connectivity index (χ3n) is 0. The third kappa shape index (κ3) is 96.6. The van der Waals surface area contributed by atoms with Crippen molar-refractivity contribution in [3.8, 4) is 0 Å². The molecule has 0 saturated heterocycles. The number of rotatable bonds is 0. The van der Waals surface area contributed by atoms with Gasteiger partial charge in [-0.2, -0.15) is 7.82 Å². The van der Waals surface area contributed by atoms with E-state index in [1.165, 1.54) is 0 Å². The Morgan fingerprint density at radius 3 is 0.889 bits per heavy atom. The van der Waals surface area contributed by atoms with E-state index in [9.17, 15) is 0 Å². The maximum absolute atomic E-state index is 8.55. The first-order valence-corrected chi connectivity index (χ1v) is 2.19. The first-order valence-electron chi connectivity index (χ1n) is 0.730. The molecule has 0 bridgehead atoms. The average molecular weight is 181 g/mol. The Balaban J connectivity index is -0.0000000133. The second-order valence-electron chi connectivity index (χ2n) is 0.447. The summed E-state index contributed by atoms with van der Waals surface area (Å²) >= 11 is 0. The van der Waals surface area contributed by atoms with Crippen molar-refractivity contribution < 1.29 is 108 Å². The molecule has 0 aromatic rings. The van der Waals surface area contributed by atoms with Crippen LogP contribution >= 0.6 is 7.82 Å². The van der Waals surface area contributed by atoms with E-state index in [2.05, 4.69) is 0 Å². The van der Waals surface area contributed by atoms with Gasteiger partial charge < -0.3 is 25.4 Å². The van der Waals surface area contributed by atoms with Gasteiger partial charge in [-0.05, 0) is 0 Å². The van der Waals surface area contributed by atoms with Gasteiger partial charge in [0.2, 0.25) is 0 Å². The second kappa shape index (κ2) is 13.6. The summed E-state index contributed by atoms with van der Waals surface area (Å²) in [6.07, 6.45) is 0. The molecule has 3 N–H and O–H groups in total. The molecule has 0 amide bonds. The van der Waals surface area contributed by atoms with E-state index < -0.39 is 7.82 Å². The Labute approximate surface area is 120 Å². The summed E-state index contributed by atoms with van der Waals surface area (Å²) in [7, 11) is -5.39. The van der Waals surface area contributed by atoms with E-state index in [1.54, 1.807) is 0 Å².